The molecule has 0 aliphatic rings. The summed E-state index contributed by atoms with van der Waals surface area (Å²) in [7, 11) is 0. The lowest BCUT2D eigenvalue weighted by Gasteiger charge is -2.11. The average Bonchev–Trinajstić information content (AvgIpc) is 3.04. The van der Waals surface area contributed by atoms with Crippen molar-refractivity contribution in [2.75, 3.05) is 6.61 Å². The standard InChI is InChI=1S/C26H26N2O3/c1-5-30-25-11-9-24(10-12-25)28-19(3)14-22(20(28)4)15-23(16-27)26(29)31-17-21-8-6-7-18(2)13-21/h6-15H,5,17H2,1-4H3/b23-15+. The lowest BCUT2D eigenvalue weighted by molar-refractivity contribution is -0.139. The summed E-state index contributed by atoms with van der Waals surface area (Å²) in [6.45, 7) is 8.63. The van der Waals surface area contributed by atoms with Gasteiger partial charge in [0.2, 0.25) is 0 Å². The van der Waals surface area contributed by atoms with Crippen molar-refractivity contribution in [3.8, 4) is 17.5 Å². The summed E-state index contributed by atoms with van der Waals surface area (Å²) in [4.78, 5) is 12.5. The first kappa shape index (κ1) is 21.9. The van der Waals surface area contributed by atoms with Crippen LogP contribution in [0.1, 0.15) is 35.0 Å². The molecule has 0 fully saturated rings. The zero-order valence-electron chi connectivity index (χ0n) is 18.3. The highest BCUT2D eigenvalue weighted by atomic mass is 16.5. The summed E-state index contributed by atoms with van der Waals surface area (Å²) in [5.41, 5.74) is 5.67. The van der Waals surface area contributed by atoms with Gasteiger partial charge in [-0.05, 0) is 75.2 Å². The molecule has 0 saturated heterocycles. The Morgan fingerprint density at radius 3 is 2.48 bits per heavy atom. The Labute approximate surface area is 183 Å². The Hall–Kier alpha value is -3.78. The number of hydrogen-bond donors (Lipinski definition) is 0. The van der Waals surface area contributed by atoms with Crippen LogP contribution in [-0.2, 0) is 16.1 Å². The molecular weight excluding hydrogens is 388 g/mol. The molecular formula is C26H26N2O3. The van der Waals surface area contributed by atoms with E-state index in [0.29, 0.717) is 6.61 Å². The second-order valence-corrected chi connectivity index (χ2v) is 7.32. The summed E-state index contributed by atoms with van der Waals surface area (Å²) in [5, 5.41) is 9.52. The molecule has 1 aromatic heterocycles. The topological polar surface area (TPSA) is 64.2 Å². The number of esters is 1. The third-order valence-corrected chi connectivity index (χ3v) is 4.97. The Morgan fingerprint density at radius 2 is 1.84 bits per heavy atom. The number of hydrogen-bond acceptors (Lipinski definition) is 4. The zero-order chi connectivity index (χ0) is 22.4. The van der Waals surface area contributed by atoms with E-state index in [1.807, 2.05) is 88.4 Å². The van der Waals surface area contributed by atoms with E-state index in [0.717, 1.165) is 39.5 Å². The highest BCUT2D eigenvalue weighted by molar-refractivity contribution is 5.98. The Balaban J connectivity index is 1.81. The fraction of sp³-hybridized carbons (Fsp3) is 0.231. The van der Waals surface area contributed by atoms with Gasteiger partial charge in [-0.25, -0.2) is 4.79 Å². The average molecular weight is 415 g/mol. The first-order valence-electron chi connectivity index (χ1n) is 10.2. The molecule has 2 aromatic carbocycles. The predicted molar refractivity (Wildman–Crippen MR) is 121 cm³/mol. The minimum absolute atomic E-state index is 0.0282. The normalized spacial score (nSPS) is 11.1. The van der Waals surface area contributed by atoms with Gasteiger partial charge < -0.3 is 14.0 Å². The molecule has 31 heavy (non-hydrogen) atoms. The fourth-order valence-corrected chi connectivity index (χ4v) is 3.51. The van der Waals surface area contributed by atoms with Crippen LogP contribution >= 0.6 is 0 Å². The van der Waals surface area contributed by atoms with Crippen molar-refractivity contribution in [2.45, 2.75) is 34.3 Å². The van der Waals surface area contributed by atoms with Gasteiger partial charge in [0.1, 0.15) is 24.0 Å². The van der Waals surface area contributed by atoms with Crippen molar-refractivity contribution >= 4 is 12.0 Å². The lowest BCUT2D eigenvalue weighted by atomic mass is 10.1. The number of aryl methyl sites for hydroxylation is 2. The van der Waals surface area contributed by atoms with Gasteiger partial charge in [0, 0.05) is 17.1 Å². The fourth-order valence-electron chi connectivity index (χ4n) is 3.51. The van der Waals surface area contributed by atoms with Crippen LogP contribution in [0.25, 0.3) is 11.8 Å². The van der Waals surface area contributed by atoms with Crippen LogP contribution in [0.15, 0.2) is 60.2 Å². The van der Waals surface area contributed by atoms with E-state index in [-0.39, 0.29) is 12.2 Å². The highest BCUT2D eigenvalue weighted by Crippen LogP contribution is 2.24. The van der Waals surface area contributed by atoms with E-state index in [9.17, 15) is 10.1 Å². The number of ether oxygens (including phenoxy) is 2. The molecule has 1 heterocycles. The third kappa shape index (κ3) is 5.23. The van der Waals surface area contributed by atoms with Crippen molar-refractivity contribution in [1.82, 2.24) is 4.57 Å². The summed E-state index contributed by atoms with van der Waals surface area (Å²) in [6, 6.07) is 19.5. The van der Waals surface area contributed by atoms with Crippen LogP contribution in [-0.4, -0.2) is 17.1 Å². The first-order chi connectivity index (χ1) is 14.9. The molecule has 3 aromatic rings. The number of aromatic nitrogens is 1. The van der Waals surface area contributed by atoms with E-state index in [2.05, 4.69) is 4.57 Å². The number of nitrogens with zero attached hydrogens (tertiary/aromatic N) is 2. The number of benzene rings is 2. The molecule has 3 rings (SSSR count). The number of carbonyl (C=O) groups excluding carboxylic acids is 1. The lowest BCUT2D eigenvalue weighted by Crippen LogP contribution is -2.07. The molecule has 0 aliphatic carbocycles. The van der Waals surface area contributed by atoms with Gasteiger partial charge in [0.25, 0.3) is 0 Å². The maximum Gasteiger partial charge on any atom is 0.349 e. The van der Waals surface area contributed by atoms with Gasteiger partial charge in [0.05, 0.1) is 6.61 Å². The summed E-state index contributed by atoms with van der Waals surface area (Å²) >= 11 is 0. The molecule has 0 atom stereocenters. The second-order valence-electron chi connectivity index (χ2n) is 7.32. The van der Waals surface area contributed by atoms with Crippen LogP contribution in [0.5, 0.6) is 5.75 Å². The van der Waals surface area contributed by atoms with Crippen LogP contribution in [0, 0.1) is 32.1 Å². The van der Waals surface area contributed by atoms with Crippen molar-refractivity contribution in [3.05, 3.63) is 88.2 Å². The number of carbonyl (C=O) groups is 1. The van der Waals surface area contributed by atoms with E-state index in [1.54, 1.807) is 6.08 Å². The van der Waals surface area contributed by atoms with Gasteiger partial charge in [-0.3, -0.25) is 0 Å². The summed E-state index contributed by atoms with van der Waals surface area (Å²) in [6.07, 6.45) is 1.59. The molecule has 0 amide bonds. The minimum atomic E-state index is -0.630. The van der Waals surface area contributed by atoms with E-state index in [4.69, 9.17) is 9.47 Å². The number of nitriles is 1. The monoisotopic (exact) mass is 414 g/mol. The second kappa shape index (κ2) is 9.82. The molecule has 0 N–H and O–H groups in total. The molecule has 0 saturated carbocycles. The van der Waals surface area contributed by atoms with Crippen LogP contribution in [0.2, 0.25) is 0 Å². The van der Waals surface area contributed by atoms with Crippen molar-refractivity contribution in [2.24, 2.45) is 0 Å². The third-order valence-electron chi connectivity index (χ3n) is 4.97. The molecule has 0 aliphatic heterocycles. The predicted octanol–water partition coefficient (Wildman–Crippen LogP) is 5.45. The molecule has 0 bridgehead atoms. The molecule has 5 nitrogen and oxygen atoms in total. The molecule has 0 unspecified atom stereocenters. The van der Waals surface area contributed by atoms with Crippen molar-refractivity contribution < 1.29 is 14.3 Å². The maximum atomic E-state index is 12.5. The SMILES string of the molecule is CCOc1ccc(-n2c(C)cc(/C=C(\C#N)C(=O)OCc3cccc(C)c3)c2C)cc1. The number of rotatable bonds is 7. The van der Waals surface area contributed by atoms with E-state index in [1.165, 1.54) is 0 Å². The smallest absolute Gasteiger partial charge is 0.349 e. The van der Waals surface area contributed by atoms with Crippen LogP contribution < -0.4 is 4.74 Å². The van der Waals surface area contributed by atoms with E-state index < -0.39 is 5.97 Å². The quantitative estimate of drug-likeness (QED) is 0.293. The minimum Gasteiger partial charge on any atom is -0.494 e. The molecule has 5 heteroatoms. The molecule has 0 spiro atoms. The van der Waals surface area contributed by atoms with Crippen molar-refractivity contribution in [3.63, 3.8) is 0 Å². The van der Waals surface area contributed by atoms with Gasteiger partial charge >= 0.3 is 5.97 Å². The highest BCUT2D eigenvalue weighted by Gasteiger charge is 2.15. The Morgan fingerprint density at radius 1 is 1.10 bits per heavy atom. The van der Waals surface area contributed by atoms with Gasteiger partial charge in [0.15, 0.2) is 0 Å². The van der Waals surface area contributed by atoms with Gasteiger partial charge in [-0.2, -0.15) is 5.26 Å². The first-order valence-corrected chi connectivity index (χ1v) is 10.2. The van der Waals surface area contributed by atoms with Crippen molar-refractivity contribution in [1.29, 1.82) is 5.26 Å². The largest absolute Gasteiger partial charge is 0.494 e. The maximum absolute atomic E-state index is 12.5. The van der Waals surface area contributed by atoms with Gasteiger partial charge in [-0.15, -0.1) is 0 Å². The molecule has 158 valence electrons. The summed E-state index contributed by atoms with van der Waals surface area (Å²) in [5.74, 6) is 0.187. The van der Waals surface area contributed by atoms with Gasteiger partial charge in [-0.1, -0.05) is 29.8 Å². The summed E-state index contributed by atoms with van der Waals surface area (Å²) < 4.78 is 12.9. The van der Waals surface area contributed by atoms with E-state index >= 15 is 0 Å². The Bertz CT molecular complexity index is 1150. The zero-order valence-corrected chi connectivity index (χ0v) is 18.3. The Kier molecular flexibility index (Phi) is 6.94. The molecule has 0 radical (unpaired) electrons. The van der Waals surface area contributed by atoms with Crippen LogP contribution in [0.3, 0.4) is 0 Å². The van der Waals surface area contributed by atoms with Crippen LogP contribution in [0.4, 0.5) is 0 Å².